The van der Waals surface area contributed by atoms with Gasteiger partial charge in [-0.1, -0.05) is 6.92 Å². The normalized spacial score (nSPS) is 10.5. The average molecular weight is 444 g/mol. The Hall–Kier alpha value is -3.75. The van der Waals surface area contributed by atoms with Crippen LogP contribution in [0.2, 0.25) is 0 Å². The van der Waals surface area contributed by atoms with Crippen LogP contribution in [0.3, 0.4) is 0 Å². The molecule has 0 atom stereocenters. The number of hydrogen-bond acceptors (Lipinski definition) is 7. The van der Waals surface area contributed by atoms with Gasteiger partial charge < -0.3 is 24.3 Å². The Labute approximate surface area is 187 Å². The second kappa shape index (κ2) is 12.8. The Balaban J connectivity index is 1.89. The van der Waals surface area contributed by atoms with Gasteiger partial charge in [0.05, 0.1) is 40.2 Å². The predicted molar refractivity (Wildman–Crippen MR) is 121 cm³/mol. The fourth-order valence-electron chi connectivity index (χ4n) is 2.66. The van der Waals surface area contributed by atoms with Crippen molar-refractivity contribution in [3.05, 3.63) is 47.5 Å². The summed E-state index contributed by atoms with van der Waals surface area (Å²) in [5.41, 5.74) is 3.45. The van der Waals surface area contributed by atoms with Crippen molar-refractivity contribution in [2.45, 2.75) is 20.3 Å². The van der Waals surface area contributed by atoms with Gasteiger partial charge >= 0.3 is 0 Å². The quantitative estimate of drug-likeness (QED) is 0.386. The zero-order chi connectivity index (χ0) is 23.3. The molecule has 0 aromatic heterocycles. The van der Waals surface area contributed by atoms with Crippen molar-refractivity contribution in [2.24, 2.45) is 5.10 Å². The third-order valence-electron chi connectivity index (χ3n) is 4.19. The summed E-state index contributed by atoms with van der Waals surface area (Å²) < 4.78 is 21.6. The van der Waals surface area contributed by atoms with E-state index in [0.29, 0.717) is 41.8 Å². The van der Waals surface area contributed by atoms with Gasteiger partial charge in [-0.15, -0.1) is 0 Å². The number of amides is 2. The summed E-state index contributed by atoms with van der Waals surface area (Å²) in [6.45, 7) is 4.78. The van der Waals surface area contributed by atoms with Gasteiger partial charge in [0.25, 0.3) is 11.8 Å². The number of hydrogen-bond donors (Lipinski definition) is 2. The van der Waals surface area contributed by atoms with Gasteiger partial charge in [0.1, 0.15) is 0 Å². The number of methoxy groups -OCH3 is 2. The maximum Gasteiger partial charge on any atom is 0.259 e. The molecular formula is C23H29N3O6. The van der Waals surface area contributed by atoms with Gasteiger partial charge in [-0.3, -0.25) is 9.59 Å². The van der Waals surface area contributed by atoms with Gasteiger partial charge in [-0.2, -0.15) is 5.10 Å². The van der Waals surface area contributed by atoms with Gasteiger partial charge in [0, 0.05) is 5.56 Å². The molecule has 2 aromatic carbocycles. The summed E-state index contributed by atoms with van der Waals surface area (Å²) in [6.07, 6.45) is 2.38. The molecule has 0 unspecified atom stereocenters. The highest BCUT2D eigenvalue weighted by atomic mass is 16.5. The highest BCUT2D eigenvalue weighted by molar-refractivity contribution is 5.97. The molecule has 9 heteroatoms. The molecule has 2 amide bonds. The van der Waals surface area contributed by atoms with Crippen molar-refractivity contribution in [1.82, 2.24) is 10.7 Å². The lowest BCUT2D eigenvalue weighted by Gasteiger charge is -2.11. The van der Waals surface area contributed by atoms with E-state index in [-0.39, 0.29) is 6.54 Å². The third kappa shape index (κ3) is 7.19. The molecule has 172 valence electrons. The molecule has 0 heterocycles. The van der Waals surface area contributed by atoms with Crippen LogP contribution in [0.1, 0.15) is 36.2 Å². The number of nitrogens with zero attached hydrogens (tertiary/aromatic N) is 1. The fourth-order valence-corrected chi connectivity index (χ4v) is 2.66. The summed E-state index contributed by atoms with van der Waals surface area (Å²) in [5, 5.41) is 6.46. The minimum Gasteiger partial charge on any atom is -0.493 e. The Morgan fingerprint density at radius 2 is 1.69 bits per heavy atom. The Morgan fingerprint density at radius 3 is 2.38 bits per heavy atom. The number of carbonyl (C=O) groups excluding carboxylic acids is 2. The van der Waals surface area contributed by atoms with Crippen LogP contribution >= 0.6 is 0 Å². The van der Waals surface area contributed by atoms with Crippen LogP contribution in [0.15, 0.2) is 41.5 Å². The number of nitrogens with one attached hydrogen (secondary N) is 2. The highest BCUT2D eigenvalue weighted by Crippen LogP contribution is 2.28. The zero-order valence-corrected chi connectivity index (χ0v) is 18.8. The van der Waals surface area contributed by atoms with E-state index in [0.717, 1.165) is 12.0 Å². The molecule has 0 aliphatic rings. The molecule has 0 aliphatic carbocycles. The van der Waals surface area contributed by atoms with E-state index in [1.165, 1.54) is 26.5 Å². The molecular weight excluding hydrogens is 414 g/mol. The molecule has 0 saturated heterocycles. The third-order valence-corrected chi connectivity index (χ3v) is 4.19. The van der Waals surface area contributed by atoms with E-state index >= 15 is 0 Å². The number of carbonyl (C=O) groups is 2. The Bertz CT molecular complexity index is 945. The minimum absolute atomic E-state index is 0.238. The monoisotopic (exact) mass is 443 g/mol. The SMILES string of the molecule is CCCOc1ccc(/C=N\NC(=O)CNC(=O)c2ccc(OC)c(OC)c2)cc1OCC. The van der Waals surface area contributed by atoms with Gasteiger partial charge in [0.2, 0.25) is 0 Å². The van der Waals surface area contributed by atoms with Crippen molar-refractivity contribution < 1.29 is 28.5 Å². The number of hydrazone groups is 1. The van der Waals surface area contributed by atoms with Crippen LogP contribution < -0.4 is 29.7 Å². The lowest BCUT2D eigenvalue weighted by Crippen LogP contribution is -2.34. The van der Waals surface area contributed by atoms with E-state index in [1.54, 1.807) is 24.3 Å². The lowest BCUT2D eigenvalue weighted by atomic mass is 10.2. The smallest absolute Gasteiger partial charge is 0.259 e. The molecule has 0 aliphatic heterocycles. The van der Waals surface area contributed by atoms with Crippen LogP contribution in [0, 0.1) is 0 Å². The number of ether oxygens (including phenoxy) is 4. The first-order valence-electron chi connectivity index (χ1n) is 10.2. The molecule has 0 saturated carbocycles. The van der Waals surface area contributed by atoms with E-state index in [9.17, 15) is 9.59 Å². The molecule has 0 bridgehead atoms. The largest absolute Gasteiger partial charge is 0.493 e. The fraction of sp³-hybridized carbons (Fsp3) is 0.348. The van der Waals surface area contributed by atoms with Crippen LogP contribution in [-0.2, 0) is 4.79 Å². The lowest BCUT2D eigenvalue weighted by molar-refractivity contribution is -0.120. The maximum absolute atomic E-state index is 12.3. The molecule has 2 N–H and O–H groups in total. The second-order valence-electron chi connectivity index (χ2n) is 6.53. The van der Waals surface area contributed by atoms with Crippen LogP contribution in [0.25, 0.3) is 0 Å². The molecule has 0 fully saturated rings. The Morgan fingerprint density at radius 1 is 0.938 bits per heavy atom. The highest BCUT2D eigenvalue weighted by Gasteiger charge is 2.12. The first-order valence-corrected chi connectivity index (χ1v) is 10.2. The molecule has 2 rings (SSSR count). The molecule has 0 radical (unpaired) electrons. The summed E-state index contributed by atoms with van der Waals surface area (Å²) >= 11 is 0. The standard InChI is InChI=1S/C23H29N3O6/c1-5-11-32-19-9-7-16(12-21(19)31-6-2)14-25-26-22(27)15-24-23(28)17-8-10-18(29-3)20(13-17)30-4/h7-10,12-14H,5-6,11,15H2,1-4H3,(H,24,28)(H,26,27)/b25-14-. The maximum atomic E-state index is 12.3. The van der Waals surface area contributed by atoms with E-state index in [2.05, 4.69) is 15.8 Å². The van der Waals surface area contributed by atoms with Crippen molar-refractivity contribution in [3.63, 3.8) is 0 Å². The van der Waals surface area contributed by atoms with Gasteiger partial charge in [-0.25, -0.2) is 5.43 Å². The van der Waals surface area contributed by atoms with Crippen molar-refractivity contribution in [1.29, 1.82) is 0 Å². The second-order valence-corrected chi connectivity index (χ2v) is 6.53. The molecule has 9 nitrogen and oxygen atoms in total. The van der Waals surface area contributed by atoms with E-state index in [1.807, 2.05) is 19.9 Å². The van der Waals surface area contributed by atoms with Gasteiger partial charge in [0.15, 0.2) is 23.0 Å². The Kier molecular flexibility index (Phi) is 9.83. The minimum atomic E-state index is -0.469. The molecule has 0 spiro atoms. The first-order chi connectivity index (χ1) is 15.5. The summed E-state index contributed by atoms with van der Waals surface area (Å²) in [4.78, 5) is 24.3. The van der Waals surface area contributed by atoms with Crippen molar-refractivity contribution in [2.75, 3.05) is 34.0 Å². The van der Waals surface area contributed by atoms with E-state index < -0.39 is 11.8 Å². The van der Waals surface area contributed by atoms with Crippen LogP contribution in [-0.4, -0.2) is 52.0 Å². The molecule has 2 aromatic rings. The zero-order valence-electron chi connectivity index (χ0n) is 18.8. The number of benzene rings is 2. The summed E-state index contributed by atoms with van der Waals surface area (Å²) in [7, 11) is 2.99. The summed E-state index contributed by atoms with van der Waals surface area (Å²) in [6, 6.07) is 10.1. The average Bonchev–Trinajstić information content (AvgIpc) is 2.81. The summed E-state index contributed by atoms with van der Waals surface area (Å²) in [5.74, 6) is 1.31. The van der Waals surface area contributed by atoms with E-state index in [4.69, 9.17) is 18.9 Å². The molecule has 32 heavy (non-hydrogen) atoms. The first kappa shape index (κ1) is 24.5. The van der Waals surface area contributed by atoms with Crippen molar-refractivity contribution in [3.8, 4) is 23.0 Å². The van der Waals surface area contributed by atoms with Gasteiger partial charge in [-0.05, 0) is 55.3 Å². The number of rotatable bonds is 12. The van der Waals surface area contributed by atoms with Crippen LogP contribution in [0.5, 0.6) is 23.0 Å². The topological polar surface area (TPSA) is 107 Å². The van der Waals surface area contributed by atoms with Crippen LogP contribution in [0.4, 0.5) is 0 Å². The van der Waals surface area contributed by atoms with Crippen molar-refractivity contribution >= 4 is 18.0 Å². The predicted octanol–water partition coefficient (Wildman–Crippen LogP) is 2.77.